The van der Waals surface area contributed by atoms with Gasteiger partial charge in [-0.2, -0.15) is 0 Å². The molecule has 1 aromatic rings. The van der Waals surface area contributed by atoms with E-state index in [2.05, 4.69) is 17.6 Å². The van der Waals surface area contributed by atoms with Crippen molar-refractivity contribution in [2.24, 2.45) is 0 Å². The molecule has 3 N–H and O–H groups in total. The largest absolute Gasteiger partial charge is 0.494 e. The fourth-order valence-corrected chi connectivity index (χ4v) is 1.67. The Hall–Kier alpha value is -1.75. The monoisotopic (exact) mass is 294 g/mol. The van der Waals surface area contributed by atoms with Crippen LogP contribution in [0.5, 0.6) is 5.75 Å². The van der Waals surface area contributed by atoms with Gasteiger partial charge in [-0.05, 0) is 31.9 Å². The zero-order chi connectivity index (χ0) is 15.7. The molecule has 0 aliphatic rings. The summed E-state index contributed by atoms with van der Waals surface area (Å²) in [5.74, 6) is 0.738. The second kappa shape index (κ2) is 8.52. The molecule has 1 atom stereocenters. The number of carbonyl (C=O) groups is 1. The molecule has 2 amide bonds. The second-order valence-corrected chi connectivity index (χ2v) is 5.38. The molecule has 0 saturated carbocycles. The lowest BCUT2D eigenvalue weighted by molar-refractivity contribution is 0.172. The Morgan fingerprint density at radius 1 is 1.38 bits per heavy atom. The van der Waals surface area contributed by atoms with E-state index in [1.807, 2.05) is 19.1 Å². The van der Waals surface area contributed by atoms with E-state index in [0.29, 0.717) is 18.7 Å². The highest BCUT2D eigenvalue weighted by Crippen LogP contribution is 2.18. The minimum absolute atomic E-state index is 0.100. The van der Waals surface area contributed by atoms with Crippen LogP contribution in [0.1, 0.15) is 40.0 Å². The van der Waals surface area contributed by atoms with Crippen LogP contribution in [0.25, 0.3) is 0 Å². The molecule has 0 fully saturated rings. The maximum atomic E-state index is 11.9. The number of hydrogen-bond acceptors (Lipinski definition) is 3. The second-order valence-electron chi connectivity index (χ2n) is 5.38. The number of hydrogen-bond donors (Lipinski definition) is 3. The van der Waals surface area contributed by atoms with Crippen molar-refractivity contribution < 1.29 is 14.6 Å². The lowest BCUT2D eigenvalue weighted by atomic mass is 10.0. The molecule has 0 bridgehead atoms. The van der Waals surface area contributed by atoms with E-state index < -0.39 is 5.54 Å². The number of benzene rings is 1. The number of amides is 2. The topological polar surface area (TPSA) is 70.6 Å². The van der Waals surface area contributed by atoms with Crippen molar-refractivity contribution >= 4 is 11.7 Å². The molecule has 0 radical (unpaired) electrons. The molecule has 0 saturated heterocycles. The van der Waals surface area contributed by atoms with Crippen LogP contribution in [0.4, 0.5) is 10.5 Å². The zero-order valence-electron chi connectivity index (χ0n) is 13.1. The quantitative estimate of drug-likeness (QED) is 0.645. The number of rotatable bonds is 8. The smallest absolute Gasteiger partial charge is 0.319 e. The van der Waals surface area contributed by atoms with Gasteiger partial charge in [0.05, 0.1) is 18.8 Å². The third-order valence-corrected chi connectivity index (χ3v) is 3.40. The maximum absolute atomic E-state index is 11.9. The Labute approximate surface area is 126 Å². The lowest BCUT2D eigenvalue weighted by Gasteiger charge is -2.27. The molecule has 1 rings (SSSR count). The van der Waals surface area contributed by atoms with E-state index in [1.54, 1.807) is 19.1 Å². The van der Waals surface area contributed by atoms with Crippen LogP contribution in [0.15, 0.2) is 24.3 Å². The molecule has 1 unspecified atom stereocenters. The summed E-state index contributed by atoms with van der Waals surface area (Å²) in [6.45, 7) is 6.40. The fourth-order valence-electron chi connectivity index (χ4n) is 1.67. The van der Waals surface area contributed by atoms with Gasteiger partial charge < -0.3 is 20.5 Å². The average Bonchev–Trinajstić information content (AvgIpc) is 2.47. The van der Waals surface area contributed by atoms with Crippen LogP contribution < -0.4 is 15.4 Å². The number of anilines is 1. The Morgan fingerprint density at radius 2 is 2.14 bits per heavy atom. The molecule has 5 heteroatoms. The van der Waals surface area contributed by atoms with Crippen molar-refractivity contribution in [3.63, 3.8) is 0 Å². The van der Waals surface area contributed by atoms with E-state index in [1.165, 1.54) is 0 Å². The van der Waals surface area contributed by atoms with Crippen molar-refractivity contribution in [3.8, 4) is 5.75 Å². The van der Waals surface area contributed by atoms with Gasteiger partial charge >= 0.3 is 6.03 Å². The van der Waals surface area contributed by atoms with Crippen molar-refractivity contribution in [3.05, 3.63) is 24.3 Å². The van der Waals surface area contributed by atoms with Crippen molar-refractivity contribution in [2.75, 3.05) is 18.5 Å². The third kappa shape index (κ3) is 6.04. The van der Waals surface area contributed by atoms with Crippen LogP contribution in [0.2, 0.25) is 0 Å². The van der Waals surface area contributed by atoms with E-state index in [9.17, 15) is 9.90 Å². The predicted octanol–water partition coefficient (Wildman–Crippen LogP) is 3.15. The molecule has 118 valence electrons. The summed E-state index contributed by atoms with van der Waals surface area (Å²) in [5, 5.41) is 14.8. The summed E-state index contributed by atoms with van der Waals surface area (Å²) in [6.07, 6.45) is 2.73. The summed E-state index contributed by atoms with van der Waals surface area (Å²) in [7, 11) is 0. The number of aliphatic hydroxyl groups is 1. The highest BCUT2D eigenvalue weighted by atomic mass is 16.5. The minimum Gasteiger partial charge on any atom is -0.494 e. The fraction of sp³-hybridized carbons (Fsp3) is 0.562. The molecule has 21 heavy (non-hydrogen) atoms. The van der Waals surface area contributed by atoms with Gasteiger partial charge in [0.1, 0.15) is 5.75 Å². The van der Waals surface area contributed by atoms with Crippen molar-refractivity contribution in [2.45, 2.75) is 45.6 Å². The minimum atomic E-state index is -0.612. The summed E-state index contributed by atoms with van der Waals surface area (Å²) >= 11 is 0. The summed E-state index contributed by atoms with van der Waals surface area (Å²) in [6, 6.07) is 6.95. The molecule has 0 aromatic heterocycles. The van der Waals surface area contributed by atoms with Crippen molar-refractivity contribution in [1.29, 1.82) is 0 Å². The lowest BCUT2D eigenvalue weighted by Crippen LogP contribution is -2.50. The van der Waals surface area contributed by atoms with Gasteiger partial charge in [-0.25, -0.2) is 4.79 Å². The van der Waals surface area contributed by atoms with E-state index >= 15 is 0 Å². The Balaban J connectivity index is 2.58. The first kappa shape index (κ1) is 17.3. The van der Waals surface area contributed by atoms with Crippen LogP contribution >= 0.6 is 0 Å². The molecule has 1 aromatic carbocycles. The van der Waals surface area contributed by atoms with Crippen LogP contribution in [-0.2, 0) is 0 Å². The molecule has 0 heterocycles. The molecule has 5 nitrogen and oxygen atoms in total. The van der Waals surface area contributed by atoms with Gasteiger partial charge in [0.25, 0.3) is 0 Å². The van der Waals surface area contributed by atoms with Crippen LogP contribution in [0, 0.1) is 0 Å². The number of urea groups is 1. The normalized spacial score (nSPS) is 13.3. The Bertz CT molecular complexity index is 445. The Morgan fingerprint density at radius 3 is 2.76 bits per heavy atom. The number of ether oxygens (including phenoxy) is 1. The van der Waals surface area contributed by atoms with Crippen molar-refractivity contribution in [1.82, 2.24) is 5.32 Å². The first-order valence-corrected chi connectivity index (χ1v) is 7.46. The molecule has 0 spiro atoms. The van der Waals surface area contributed by atoms with E-state index in [-0.39, 0.29) is 12.6 Å². The highest BCUT2D eigenvalue weighted by molar-refractivity contribution is 5.89. The zero-order valence-corrected chi connectivity index (χ0v) is 13.1. The van der Waals surface area contributed by atoms with E-state index in [0.717, 1.165) is 18.6 Å². The molecular formula is C16H26N2O3. The van der Waals surface area contributed by atoms with Gasteiger partial charge in [0.15, 0.2) is 0 Å². The Kier molecular flexibility index (Phi) is 7.02. The first-order chi connectivity index (χ1) is 10.0. The number of unbranched alkanes of at least 4 members (excludes halogenated alkanes) is 1. The number of carbonyl (C=O) groups excluding carboxylic acids is 1. The SMILES string of the molecule is CCCCOc1cccc(NC(=O)NC(C)(CC)CO)c1. The standard InChI is InChI=1S/C16H26N2O3/c1-4-6-10-21-14-9-7-8-13(11-14)17-15(20)18-16(3,5-2)12-19/h7-9,11,19H,4-6,10,12H2,1-3H3,(H2,17,18,20). The summed E-state index contributed by atoms with van der Waals surface area (Å²) in [4.78, 5) is 11.9. The highest BCUT2D eigenvalue weighted by Gasteiger charge is 2.23. The van der Waals surface area contributed by atoms with E-state index in [4.69, 9.17) is 4.74 Å². The number of aliphatic hydroxyl groups excluding tert-OH is 1. The number of nitrogens with one attached hydrogen (secondary N) is 2. The van der Waals surface area contributed by atoms with Crippen LogP contribution in [-0.4, -0.2) is 29.9 Å². The van der Waals surface area contributed by atoms with Gasteiger partial charge in [0, 0.05) is 11.8 Å². The molecule has 0 aliphatic heterocycles. The average molecular weight is 294 g/mol. The summed E-state index contributed by atoms with van der Waals surface area (Å²) < 4.78 is 5.60. The van der Waals surface area contributed by atoms with Crippen LogP contribution in [0.3, 0.4) is 0 Å². The molecular weight excluding hydrogens is 268 g/mol. The summed E-state index contributed by atoms with van der Waals surface area (Å²) in [5.41, 5.74) is 0.0529. The molecule has 0 aliphatic carbocycles. The third-order valence-electron chi connectivity index (χ3n) is 3.40. The van der Waals surface area contributed by atoms with Gasteiger partial charge in [-0.1, -0.05) is 26.3 Å². The van der Waals surface area contributed by atoms with Gasteiger partial charge in [0.2, 0.25) is 0 Å². The van der Waals surface area contributed by atoms with Gasteiger partial charge in [-0.3, -0.25) is 0 Å². The maximum Gasteiger partial charge on any atom is 0.319 e. The first-order valence-electron chi connectivity index (χ1n) is 7.46. The predicted molar refractivity (Wildman–Crippen MR) is 84.8 cm³/mol. The van der Waals surface area contributed by atoms with Gasteiger partial charge in [-0.15, -0.1) is 0 Å².